The van der Waals surface area contributed by atoms with Crippen molar-refractivity contribution in [3.63, 3.8) is 0 Å². The first-order valence-corrected chi connectivity index (χ1v) is 10.1. The molecule has 32 heavy (non-hydrogen) atoms. The minimum absolute atomic E-state index is 0.181. The Bertz CT molecular complexity index is 1320. The zero-order valence-electron chi connectivity index (χ0n) is 17.6. The number of nitrogens with zero attached hydrogens (tertiary/aromatic N) is 2. The van der Waals surface area contributed by atoms with E-state index in [4.69, 9.17) is 4.74 Å². The van der Waals surface area contributed by atoms with Gasteiger partial charge in [-0.05, 0) is 55.8 Å². The largest absolute Gasteiger partial charge is 0.462 e. The fourth-order valence-corrected chi connectivity index (χ4v) is 3.35. The van der Waals surface area contributed by atoms with Gasteiger partial charge in [-0.1, -0.05) is 18.2 Å². The lowest BCUT2D eigenvalue weighted by atomic mass is 10.1. The Morgan fingerprint density at radius 3 is 2.66 bits per heavy atom. The summed E-state index contributed by atoms with van der Waals surface area (Å²) < 4.78 is 18.9. The minimum atomic E-state index is -0.472. The highest BCUT2D eigenvalue weighted by Gasteiger charge is 2.15. The maximum absolute atomic E-state index is 13.9. The number of benzene rings is 2. The van der Waals surface area contributed by atoms with Crippen molar-refractivity contribution in [2.24, 2.45) is 0 Å². The first kappa shape index (κ1) is 21.2. The minimum Gasteiger partial charge on any atom is -0.462 e. The van der Waals surface area contributed by atoms with Crippen molar-refractivity contribution in [2.75, 3.05) is 11.9 Å². The lowest BCUT2D eigenvalue weighted by Gasteiger charge is -2.08. The molecule has 2 heterocycles. The van der Waals surface area contributed by atoms with Gasteiger partial charge in [0.2, 0.25) is 0 Å². The molecule has 0 aliphatic carbocycles. The van der Waals surface area contributed by atoms with Crippen molar-refractivity contribution in [1.82, 2.24) is 15.0 Å². The summed E-state index contributed by atoms with van der Waals surface area (Å²) in [6, 6.07) is 14.8. The number of esters is 1. The normalized spacial score (nSPS) is 10.8. The summed E-state index contributed by atoms with van der Waals surface area (Å²) in [4.78, 5) is 36.4. The zero-order valence-corrected chi connectivity index (χ0v) is 17.6. The van der Waals surface area contributed by atoms with Crippen LogP contribution in [0, 0.1) is 12.7 Å². The monoisotopic (exact) mass is 432 g/mol. The number of pyridine rings is 1. The van der Waals surface area contributed by atoms with Crippen LogP contribution in [0.2, 0.25) is 0 Å². The van der Waals surface area contributed by atoms with Gasteiger partial charge < -0.3 is 15.0 Å². The third-order valence-electron chi connectivity index (χ3n) is 4.92. The van der Waals surface area contributed by atoms with Crippen molar-refractivity contribution in [3.05, 3.63) is 88.8 Å². The summed E-state index contributed by atoms with van der Waals surface area (Å²) in [5, 5.41) is 2.79. The number of aryl methyl sites for hydroxylation is 1. The van der Waals surface area contributed by atoms with Crippen LogP contribution in [0.4, 0.5) is 10.1 Å². The molecule has 2 N–H and O–H groups in total. The smallest absolute Gasteiger partial charge is 0.339 e. The van der Waals surface area contributed by atoms with Gasteiger partial charge in [-0.2, -0.15) is 0 Å². The van der Waals surface area contributed by atoms with Crippen LogP contribution in [0.25, 0.3) is 11.0 Å². The Morgan fingerprint density at radius 2 is 1.91 bits per heavy atom. The number of H-pyrrole nitrogens is 1. The standard InChI is InChI=1S/C24H21FN4O3/c1-3-32-24(31)17-9-11-20(26-14(17)2)23(30)27-16-8-10-19-21(13-16)29-22(28-19)12-15-6-4-5-7-18(15)25/h4-11,13H,3,12H2,1-2H3,(H,27,30)(H,28,29). The van der Waals surface area contributed by atoms with Crippen LogP contribution >= 0.6 is 0 Å². The van der Waals surface area contributed by atoms with Crippen LogP contribution in [0.5, 0.6) is 0 Å². The molecule has 162 valence electrons. The number of amides is 1. The number of aromatic amines is 1. The number of carbonyl (C=O) groups excluding carboxylic acids is 2. The Labute approximate surface area is 183 Å². The number of hydrogen-bond donors (Lipinski definition) is 2. The Hall–Kier alpha value is -4.07. The summed E-state index contributed by atoms with van der Waals surface area (Å²) in [6.07, 6.45) is 0.332. The van der Waals surface area contributed by atoms with Crippen molar-refractivity contribution in [1.29, 1.82) is 0 Å². The quantitative estimate of drug-likeness (QED) is 0.440. The fraction of sp³-hybridized carbons (Fsp3) is 0.167. The SMILES string of the molecule is CCOC(=O)c1ccc(C(=O)Nc2ccc3nc(Cc4ccccc4F)[nH]c3c2)nc1C. The van der Waals surface area contributed by atoms with Gasteiger partial charge in [-0.3, -0.25) is 4.79 Å². The topological polar surface area (TPSA) is 97.0 Å². The molecule has 2 aromatic heterocycles. The molecule has 8 heteroatoms. The van der Waals surface area contributed by atoms with Gasteiger partial charge in [-0.15, -0.1) is 0 Å². The lowest BCUT2D eigenvalue weighted by molar-refractivity contribution is 0.0524. The molecule has 0 bridgehead atoms. The van der Waals surface area contributed by atoms with Gasteiger partial charge in [0.25, 0.3) is 5.91 Å². The van der Waals surface area contributed by atoms with Crippen molar-refractivity contribution in [2.45, 2.75) is 20.3 Å². The van der Waals surface area contributed by atoms with Crippen LogP contribution in [-0.4, -0.2) is 33.4 Å². The number of rotatable bonds is 6. The van der Waals surface area contributed by atoms with E-state index in [2.05, 4.69) is 20.3 Å². The number of nitrogens with one attached hydrogen (secondary N) is 2. The average molecular weight is 432 g/mol. The predicted molar refractivity (Wildman–Crippen MR) is 118 cm³/mol. The predicted octanol–water partition coefficient (Wildman–Crippen LogP) is 4.43. The number of fused-ring (bicyclic) bond motifs is 1. The van der Waals surface area contributed by atoms with E-state index < -0.39 is 11.9 Å². The number of anilines is 1. The second-order valence-electron chi connectivity index (χ2n) is 7.19. The van der Waals surface area contributed by atoms with Gasteiger partial charge in [0, 0.05) is 12.1 Å². The molecule has 0 fully saturated rings. The second-order valence-corrected chi connectivity index (χ2v) is 7.19. The number of ether oxygens (including phenoxy) is 1. The van der Waals surface area contributed by atoms with Crippen LogP contribution in [-0.2, 0) is 11.2 Å². The molecule has 0 spiro atoms. The molecule has 1 amide bonds. The Balaban J connectivity index is 1.50. The maximum Gasteiger partial charge on any atom is 0.339 e. The van der Waals surface area contributed by atoms with Gasteiger partial charge in [0.15, 0.2) is 0 Å². The van der Waals surface area contributed by atoms with E-state index in [1.165, 1.54) is 18.2 Å². The second kappa shape index (κ2) is 8.97. The third kappa shape index (κ3) is 4.49. The van der Waals surface area contributed by atoms with Crippen LogP contribution < -0.4 is 5.32 Å². The molecule has 0 atom stereocenters. The van der Waals surface area contributed by atoms with Gasteiger partial charge in [0.05, 0.1) is 28.9 Å². The molecule has 4 rings (SSSR count). The van der Waals surface area contributed by atoms with Crippen molar-refractivity contribution < 1.29 is 18.7 Å². The van der Waals surface area contributed by atoms with Gasteiger partial charge >= 0.3 is 5.97 Å². The molecular formula is C24H21FN4O3. The van der Waals surface area contributed by atoms with Gasteiger partial charge in [0.1, 0.15) is 17.3 Å². The van der Waals surface area contributed by atoms with E-state index in [1.807, 2.05) is 0 Å². The average Bonchev–Trinajstić information content (AvgIpc) is 3.17. The number of aromatic nitrogens is 3. The van der Waals surface area contributed by atoms with Gasteiger partial charge in [-0.25, -0.2) is 19.2 Å². The molecule has 4 aromatic rings. The summed E-state index contributed by atoms with van der Waals surface area (Å²) in [6.45, 7) is 3.64. The van der Waals surface area contributed by atoms with Crippen LogP contribution in [0.3, 0.4) is 0 Å². The molecule has 2 aromatic carbocycles. The number of halogens is 1. The molecule has 0 saturated heterocycles. The first-order chi connectivity index (χ1) is 15.4. The highest BCUT2D eigenvalue weighted by molar-refractivity contribution is 6.04. The van der Waals surface area contributed by atoms with E-state index in [9.17, 15) is 14.0 Å². The van der Waals surface area contributed by atoms with Crippen LogP contribution in [0.1, 0.15) is 44.9 Å². The summed E-state index contributed by atoms with van der Waals surface area (Å²) in [7, 11) is 0. The van der Waals surface area contributed by atoms with E-state index in [0.29, 0.717) is 40.3 Å². The highest BCUT2D eigenvalue weighted by atomic mass is 19.1. The number of hydrogen-bond acceptors (Lipinski definition) is 5. The van der Waals surface area contributed by atoms with E-state index in [0.717, 1.165) is 5.52 Å². The summed E-state index contributed by atoms with van der Waals surface area (Å²) >= 11 is 0. The molecule has 0 saturated carbocycles. The number of carbonyl (C=O) groups is 2. The lowest BCUT2D eigenvalue weighted by Crippen LogP contribution is -2.16. The summed E-state index contributed by atoms with van der Waals surface area (Å²) in [5.41, 5.74) is 3.45. The summed E-state index contributed by atoms with van der Waals surface area (Å²) in [5.74, 6) is -0.535. The molecule has 0 radical (unpaired) electrons. The fourth-order valence-electron chi connectivity index (χ4n) is 3.35. The first-order valence-electron chi connectivity index (χ1n) is 10.1. The van der Waals surface area contributed by atoms with Crippen LogP contribution in [0.15, 0.2) is 54.6 Å². The van der Waals surface area contributed by atoms with E-state index in [1.54, 1.807) is 50.2 Å². The maximum atomic E-state index is 13.9. The molecule has 7 nitrogen and oxygen atoms in total. The highest BCUT2D eigenvalue weighted by Crippen LogP contribution is 2.20. The number of imidazole rings is 1. The van der Waals surface area contributed by atoms with Crippen molar-refractivity contribution in [3.8, 4) is 0 Å². The van der Waals surface area contributed by atoms with Crippen molar-refractivity contribution >= 4 is 28.6 Å². The molecule has 0 aliphatic rings. The van der Waals surface area contributed by atoms with E-state index in [-0.39, 0.29) is 18.1 Å². The molecule has 0 unspecified atom stereocenters. The molecule has 0 aliphatic heterocycles. The van der Waals surface area contributed by atoms with E-state index >= 15 is 0 Å². The third-order valence-corrected chi connectivity index (χ3v) is 4.92. The Morgan fingerprint density at radius 1 is 1.09 bits per heavy atom. The zero-order chi connectivity index (χ0) is 22.7. The molecular weight excluding hydrogens is 411 g/mol. The Kier molecular flexibility index (Phi) is 5.93.